The Bertz CT molecular complexity index is 1370. The molecule has 0 radical (unpaired) electrons. The molecule has 204 valence electrons. The molecule has 8 nitrogen and oxygen atoms in total. The number of benzene rings is 3. The van der Waals surface area contributed by atoms with Crippen molar-refractivity contribution in [2.75, 3.05) is 22.6 Å². The number of rotatable bonds is 8. The Morgan fingerprint density at radius 1 is 0.949 bits per heavy atom. The first kappa shape index (κ1) is 26.5. The number of halogens is 3. The van der Waals surface area contributed by atoms with E-state index in [9.17, 15) is 18.3 Å². The van der Waals surface area contributed by atoms with Gasteiger partial charge in [0.2, 0.25) is 12.2 Å². The second kappa shape index (κ2) is 11.3. The van der Waals surface area contributed by atoms with Crippen molar-refractivity contribution in [2.24, 2.45) is 0 Å². The largest absolute Gasteiger partial charge is 0.416 e. The summed E-state index contributed by atoms with van der Waals surface area (Å²) in [6.45, 7) is 0. The lowest BCUT2D eigenvalue weighted by molar-refractivity contribution is -0.137. The third kappa shape index (κ3) is 6.14. The van der Waals surface area contributed by atoms with Gasteiger partial charge in [0.25, 0.3) is 0 Å². The van der Waals surface area contributed by atoms with Crippen LogP contribution in [0.25, 0.3) is 22.5 Å². The fourth-order valence-corrected chi connectivity index (χ4v) is 5.09. The number of aliphatic hydroxyl groups is 1. The maximum Gasteiger partial charge on any atom is 0.416 e. The summed E-state index contributed by atoms with van der Waals surface area (Å²) in [5.74, 6) is 0.465. The Labute approximate surface area is 224 Å². The topological polar surface area (TPSA) is 102 Å². The van der Waals surface area contributed by atoms with Gasteiger partial charge in [-0.15, -0.1) is 10.2 Å². The predicted molar refractivity (Wildman–Crippen MR) is 145 cm³/mol. The molecule has 3 aromatic carbocycles. The summed E-state index contributed by atoms with van der Waals surface area (Å²) in [6, 6.07) is 18.6. The van der Waals surface area contributed by atoms with Crippen molar-refractivity contribution in [3.8, 4) is 22.5 Å². The summed E-state index contributed by atoms with van der Waals surface area (Å²) in [6.07, 6.45) is 0.0689. The zero-order valence-corrected chi connectivity index (χ0v) is 21.4. The molecule has 1 heterocycles. The molecule has 11 heteroatoms. The van der Waals surface area contributed by atoms with Gasteiger partial charge in [-0.3, -0.25) is 0 Å². The van der Waals surface area contributed by atoms with Crippen LogP contribution in [0, 0.1) is 0 Å². The van der Waals surface area contributed by atoms with Crippen LogP contribution >= 0.6 is 0 Å². The lowest BCUT2D eigenvalue weighted by atomic mass is 9.93. The molecular weight excluding hydrogens is 507 g/mol. The van der Waals surface area contributed by atoms with E-state index < -0.39 is 18.1 Å². The maximum atomic E-state index is 12.9. The lowest BCUT2D eigenvalue weighted by Gasteiger charge is -2.35. The normalized spacial score (nSPS) is 15.1. The first-order valence-electron chi connectivity index (χ1n) is 12.9. The minimum Gasteiger partial charge on any atom is -0.370 e. The van der Waals surface area contributed by atoms with Crippen LogP contribution in [0.5, 0.6) is 0 Å². The van der Waals surface area contributed by atoms with Crippen molar-refractivity contribution in [1.82, 2.24) is 20.6 Å². The first-order valence-corrected chi connectivity index (χ1v) is 12.9. The Morgan fingerprint density at radius 3 is 2.33 bits per heavy atom. The summed E-state index contributed by atoms with van der Waals surface area (Å²) < 4.78 is 38.8. The van der Waals surface area contributed by atoms with Gasteiger partial charge in [0.15, 0.2) is 0 Å². The van der Waals surface area contributed by atoms with Gasteiger partial charge in [0, 0.05) is 24.3 Å². The molecule has 5 rings (SSSR count). The lowest BCUT2D eigenvalue weighted by Crippen LogP contribution is -2.35. The number of nitrogens with zero attached hydrogens (tertiary/aromatic N) is 4. The molecule has 1 atom stereocenters. The summed E-state index contributed by atoms with van der Waals surface area (Å²) in [7, 11) is 2.05. The quantitative estimate of drug-likeness (QED) is 0.201. The van der Waals surface area contributed by atoms with Crippen LogP contribution in [0.2, 0.25) is 0 Å². The van der Waals surface area contributed by atoms with Crippen molar-refractivity contribution in [2.45, 2.75) is 50.7 Å². The van der Waals surface area contributed by atoms with Gasteiger partial charge >= 0.3 is 6.18 Å². The molecule has 1 aliphatic carbocycles. The van der Waals surface area contributed by atoms with Gasteiger partial charge in [-0.25, -0.2) is 0 Å². The van der Waals surface area contributed by atoms with E-state index in [-0.39, 0.29) is 0 Å². The molecule has 0 amide bonds. The van der Waals surface area contributed by atoms with Crippen LogP contribution in [0.4, 0.5) is 30.2 Å². The van der Waals surface area contributed by atoms with Crippen LogP contribution in [-0.2, 0) is 6.18 Å². The molecule has 0 spiro atoms. The first-order chi connectivity index (χ1) is 18.8. The molecule has 1 aliphatic rings. The highest BCUT2D eigenvalue weighted by atomic mass is 19.4. The van der Waals surface area contributed by atoms with Crippen molar-refractivity contribution in [3.05, 3.63) is 72.3 Å². The van der Waals surface area contributed by atoms with Crippen molar-refractivity contribution >= 4 is 17.1 Å². The van der Waals surface area contributed by atoms with E-state index in [1.807, 2.05) is 42.5 Å². The molecule has 1 unspecified atom stereocenters. The molecule has 0 saturated heterocycles. The highest BCUT2D eigenvalue weighted by Gasteiger charge is 2.30. The minimum absolute atomic E-state index is 0.351. The summed E-state index contributed by atoms with van der Waals surface area (Å²) in [5, 5.41) is 31.2. The van der Waals surface area contributed by atoms with E-state index in [1.54, 1.807) is 0 Å². The number of anilines is 3. The summed E-state index contributed by atoms with van der Waals surface area (Å²) >= 11 is 0. The second-order valence-electron chi connectivity index (χ2n) is 9.68. The highest BCUT2D eigenvalue weighted by Crippen LogP contribution is 2.37. The Balaban J connectivity index is 1.45. The molecule has 0 aliphatic heterocycles. The van der Waals surface area contributed by atoms with Crippen molar-refractivity contribution in [3.63, 3.8) is 0 Å². The molecule has 4 N–H and O–H groups in total. The standard InChI is InChI=1S/C28H30F3N7O/c1-38(21-7-3-2-4-8-21)25-16-11-18(22-9-5-6-10-23(22)26-34-36-37-35-26)17-24(25)33-27(39)32-20-14-12-19(13-15-20)28(29,30)31/h5-6,9-17,21,27,32-33,39H,2-4,7-8H2,1H3,(H,34,35,36,37). The number of nitrogens with one attached hydrogen (secondary N) is 3. The summed E-state index contributed by atoms with van der Waals surface area (Å²) in [5.41, 5.74) is 3.75. The monoisotopic (exact) mass is 537 g/mol. The van der Waals surface area contributed by atoms with Crippen LogP contribution in [-0.4, -0.2) is 45.2 Å². The number of alkyl halides is 3. The smallest absolute Gasteiger partial charge is 0.370 e. The van der Waals surface area contributed by atoms with Crippen LogP contribution in [0.3, 0.4) is 0 Å². The van der Waals surface area contributed by atoms with E-state index >= 15 is 0 Å². The van der Waals surface area contributed by atoms with Crippen LogP contribution in [0.15, 0.2) is 66.7 Å². The number of H-pyrrole nitrogens is 1. The van der Waals surface area contributed by atoms with E-state index in [0.717, 1.165) is 47.4 Å². The van der Waals surface area contributed by atoms with Gasteiger partial charge < -0.3 is 20.6 Å². The van der Waals surface area contributed by atoms with Gasteiger partial charge in [-0.1, -0.05) is 49.6 Å². The average Bonchev–Trinajstić information content (AvgIpc) is 3.48. The Hall–Kier alpha value is -4.12. The SMILES string of the molecule is CN(c1ccc(-c2ccccc2-c2nn[nH]n2)cc1NC(O)Nc1ccc(C(F)(F)F)cc1)C1CCCCC1. The number of aromatic amines is 1. The minimum atomic E-state index is -4.42. The third-order valence-corrected chi connectivity index (χ3v) is 7.13. The van der Waals surface area contributed by atoms with E-state index in [4.69, 9.17) is 0 Å². The number of hydrogen-bond acceptors (Lipinski definition) is 7. The van der Waals surface area contributed by atoms with E-state index in [0.29, 0.717) is 23.2 Å². The molecule has 1 saturated carbocycles. The van der Waals surface area contributed by atoms with E-state index in [1.165, 1.54) is 31.4 Å². The Kier molecular flexibility index (Phi) is 7.69. The van der Waals surface area contributed by atoms with Crippen LogP contribution in [0.1, 0.15) is 37.7 Å². The zero-order chi connectivity index (χ0) is 27.4. The Morgan fingerprint density at radius 2 is 1.67 bits per heavy atom. The molecule has 4 aromatic rings. The number of hydrogen-bond donors (Lipinski definition) is 4. The second-order valence-corrected chi connectivity index (χ2v) is 9.68. The van der Waals surface area contributed by atoms with Crippen LogP contribution < -0.4 is 15.5 Å². The molecule has 0 bridgehead atoms. The number of aliphatic hydroxyl groups excluding tert-OH is 1. The number of aromatic nitrogens is 4. The summed E-state index contributed by atoms with van der Waals surface area (Å²) in [4.78, 5) is 2.24. The predicted octanol–water partition coefficient (Wildman–Crippen LogP) is 6.12. The molecule has 1 aromatic heterocycles. The highest BCUT2D eigenvalue weighted by molar-refractivity contribution is 5.85. The maximum absolute atomic E-state index is 12.9. The number of tetrazole rings is 1. The van der Waals surface area contributed by atoms with Gasteiger partial charge in [0.05, 0.1) is 16.9 Å². The molecule has 39 heavy (non-hydrogen) atoms. The average molecular weight is 538 g/mol. The van der Waals surface area contributed by atoms with Gasteiger partial charge in [-0.05, 0) is 65.6 Å². The van der Waals surface area contributed by atoms with Crippen molar-refractivity contribution < 1.29 is 18.3 Å². The van der Waals surface area contributed by atoms with Crippen molar-refractivity contribution in [1.29, 1.82) is 0 Å². The third-order valence-electron chi connectivity index (χ3n) is 7.13. The van der Waals surface area contributed by atoms with E-state index in [2.05, 4.69) is 43.2 Å². The van der Waals surface area contributed by atoms with Gasteiger partial charge in [0.1, 0.15) is 0 Å². The van der Waals surface area contributed by atoms with Gasteiger partial charge in [-0.2, -0.15) is 18.4 Å². The molecule has 1 fully saturated rings. The fourth-order valence-electron chi connectivity index (χ4n) is 5.09. The fraction of sp³-hybridized carbons (Fsp3) is 0.321. The molecular formula is C28H30F3N7O. The zero-order valence-electron chi connectivity index (χ0n) is 21.4.